The minimum Gasteiger partial charge on any atom is -0.352 e. The zero-order valence-electron chi connectivity index (χ0n) is 18.9. The number of carbonyl (C=O) groups is 1. The van der Waals surface area contributed by atoms with E-state index in [0.29, 0.717) is 17.4 Å². The standard InChI is InChI=1S/C28H33N2O/c1-28(2,3)18-20-13-15-21(16-14-20)19-29-27(31)24-17-26(22-9-5-4-6-10-22)30-25-12-8-7-11-23(24)25/h4-12,17-18,20-21H,13-16,19H2,1-3H3,(H,29,31)/t20-,21-. The molecule has 1 aromatic heterocycles. The monoisotopic (exact) mass is 413 g/mol. The van der Waals surface area contributed by atoms with E-state index in [2.05, 4.69) is 32.5 Å². The molecule has 0 aliphatic heterocycles. The van der Waals surface area contributed by atoms with Gasteiger partial charge in [-0.15, -0.1) is 0 Å². The van der Waals surface area contributed by atoms with Crippen molar-refractivity contribution >= 4 is 16.8 Å². The molecule has 1 fully saturated rings. The summed E-state index contributed by atoms with van der Waals surface area (Å²) in [7, 11) is 0. The van der Waals surface area contributed by atoms with Crippen LogP contribution in [-0.4, -0.2) is 17.4 Å². The SMILES string of the molecule is CC(C)(C)[CH][C@H]1CC[C@H](CNC(=O)c2cc(-c3ccccc3)nc3ccccc23)CC1. The number of carbonyl (C=O) groups excluding carboxylic acids is 1. The van der Waals surface area contributed by atoms with Crippen molar-refractivity contribution in [2.75, 3.05) is 6.54 Å². The predicted molar refractivity (Wildman–Crippen MR) is 129 cm³/mol. The van der Waals surface area contributed by atoms with Crippen LogP contribution in [0.1, 0.15) is 56.8 Å². The molecule has 0 saturated heterocycles. The van der Waals surface area contributed by atoms with E-state index in [0.717, 1.165) is 28.7 Å². The van der Waals surface area contributed by atoms with E-state index in [4.69, 9.17) is 4.98 Å². The first kappa shape index (κ1) is 21.5. The molecule has 3 aromatic rings. The average Bonchev–Trinajstić information content (AvgIpc) is 2.77. The van der Waals surface area contributed by atoms with Crippen LogP contribution in [0.15, 0.2) is 60.7 Å². The third-order valence-electron chi connectivity index (χ3n) is 6.21. The number of nitrogens with one attached hydrogen (secondary N) is 1. The van der Waals surface area contributed by atoms with E-state index >= 15 is 0 Å². The molecule has 0 unspecified atom stereocenters. The van der Waals surface area contributed by atoms with E-state index in [1.54, 1.807) is 0 Å². The van der Waals surface area contributed by atoms with Gasteiger partial charge in [0.1, 0.15) is 0 Å². The van der Waals surface area contributed by atoms with Crippen molar-refractivity contribution in [2.24, 2.45) is 17.3 Å². The van der Waals surface area contributed by atoms with Gasteiger partial charge in [0.05, 0.1) is 16.8 Å². The fraction of sp³-hybridized carbons (Fsp3) is 0.393. The molecule has 3 nitrogen and oxygen atoms in total. The minimum atomic E-state index is -0.000779. The Morgan fingerprint density at radius 3 is 2.39 bits per heavy atom. The normalized spacial score (nSPS) is 19.3. The van der Waals surface area contributed by atoms with E-state index in [-0.39, 0.29) is 11.3 Å². The number of fused-ring (bicyclic) bond motifs is 1. The second-order valence-electron chi connectivity index (χ2n) is 9.96. The molecular weight excluding hydrogens is 380 g/mol. The number of aromatic nitrogens is 1. The van der Waals surface area contributed by atoms with Crippen molar-refractivity contribution in [3.63, 3.8) is 0 Å². The van der Waals surface area contributed by atoms with Crippen LogP contribution in [0.5, 0.6) is 0 Å². The number of pyridine rings is 1. The van der Waals surface area contributed by atoms with Crippen molar-refractivity contribution in [1.29, 1.82) is 0 Å². The summed E-state index contributed by atoms with van der Waals surface area (Å²) in [4.78, 5) is 18.0. The number of hydrogen-bond acceptors (Lipinski definition) is 2. The Hall–Kier alpha value is -2.68. The maximum Gasteiger partial charge on any atom is 0.252 e. The van der Waals surface area contributed by atoms with Gasteiger partial charge >= 0.3 is 0 Å². The summed E-state index contributed by atoms with van der Waals surface area (Å²) < 4.78 is 0. The quantitative estimate of drug-likeness (QED) is 0.506. The average molecular weight is 414 g/mol. The highest BCUT2D eigenvalue weighted by Gasteiger charge is 2.26. The molecule has 1 saturated carbocycles. The van der Waals surface area contributed by atoms with Crippen molar-refractivity contribution in [1.82, 2.24) is 10.3 Å². The maximum atomic E-state index is 13.2. The van der Waals surface area contributed by atoms with Gasteiger partial charge in [0.2, 0.25) is 0 Å². The molecule has 1 amide bonds. The lowest BCUT2D eigenvalue weighted by Crippen LogP contribution is -2.32. The van der Waals surface area contributed by atoms with Gasteiger partial charge in [-0.05, 0) is 61.5 Å². The lowest BCUT2D eigenvalue weighted by Gasteiger charge is -2.32. The van der Waals surface area contributed by atoms with Crippen LogP contribution < -0.4 is 5.32 Å². The zero-order chi connectivity index (χ0) is 21.8. The molecule has 3 heteroatoms. The Balaban J connectivity index is 1.46. The van der Waals surface area contributed by atoms with Crippen LogP contribution in [0.4, 0.5) is 0 Å². The van der Waals surface area contributed by atoms with Gasteiger partial charge in [0.15, 0.2) is 0 Å². The smallest absolute Gasteiger partial charge is 0.252 e. The van der Waals surface area contributed by atoms with Crippen LogP contribution in [0, 0.1) is 23.7 Å². The van der Waals surface area contributed by atoms with Crippen LogP contribution >= 0.6 is 0 Å². The van der Waals surface area contributed by atoms with Gasteiger partial charge in [0.25, 0.3) is 5.91 Å². The molecule has 1 heterocycles. The molecule has 31 heavy (non-hydrogen) atoms. The summed E-state index contributed by atoms with van der Waals surface area (Å²) in [5, 5.41) is 4.13. The van der Waals surface area contributed by atoms with E-state index < -0.39 is 0 Å². The number of benzene rings is 2. The Morgan fingerprint density at radius 1 is 1.00 bits per heavy atom. The molecular formula is C28H33N2O. The second-order valence-corrected chi connectivity index (χ2v) is 9.96. The van der Waals surface area contributed by atoms with Gasteiger partial charge in [-0.25, -0.2) is 4.98 Å². The summed E-state index contributed by atoms with van der Waals surface area (Å²) in [5.74, 6) is 1.28. The van der Waals surface area contributed by atoms with Crippen molar-refractivity contribution in [3.05, 3.63) is 72.6 Å². The number of para-hydroxylation sites is 1. The number of hydrogen-bond donors (Lipinski definition) is 1. The first-order valence-corrected chi connectivity index (χ1v) is 11.5. The lowest BCUT2D eigenvalue weighted by atomic mass is 9.74. The van der Waals surface area contributed by atoms with Crippen LogP contribution in [0.25, 0.3) is 22.2 Å². The number of nitrogens with zero attached hydrogens (tertiary/aromatic N) is 1. The molecule has 1 aliphatic rings. The van der Waals surface area contributed by atoms with Gasteiger partial charge < -0.3 is 5.32 Å². The van der Waals surface area contributed by atoms with E-state index in [1.165, 1.54) is 25.7 Å². The molecule has 4 rings (SSSR count). The van der Waals surface area contributed by atoms with Crippen LogP contribution in [0.3, 0.4) is 0 Å². The van der Waals surface area contributed by atoms with Crippen molar-refractivity contribution in [2.45, 2.75) is 46.5 Å². The Morgan fingerprint density at radius 2 is 1.68 bits per heavy atom. The topological polar surface area (TPSA) is 42.0 Å². The zero-order valence-corrected chi connectivity index (χ0v) is 18.9. The highest BCUT2D eigenvalue weighted by atomic mass is 16.1. The molecule has 1 N–H and O–H groups in total. The minimum absolute atomic E-state index is 0.000779. The summed E-state index contributed by atoms with van der Waals surface area (Å²) in [6.07, 6.45) is 7.34. The molecule has 0 atom stereocenters. The largest absolute Gasteiger partial charge is 0.352 e. The second kappa shape index (κ2) is 9.21. The highest BCUT2D eigenvalue weighted by molar-refractivity contribution is 6.07. The third kappa shape index (κ3) is 5.52. The number of amides is 1. The van der Waals surface area contributed by atoms with Crippen molar-refractivity contribution in [3.8, 4) is 11.3 Å². The fourth-order valence-corrected chi connectivity index (χ4v) is 4.72. The third-order valence-corrected chi connectivity index (χ3v) is 6.21. The Bertz CT molecular complexity index is 1030. The van der Waals surface area contributed by atoms with E-state index in [1.807, 2.05) is 60.7 Å². The Labute approximate surface area is 186 Å². The highest BCUT2D eigenvalue weighted by Crippen LogP contribution is 2.35. The lowest BCUT2D eigenvalue weighted by molar-refractivity contribution is 0.0943. The van der Waals surface area contributed by atoms with Gasteiger partial charge in [0, 0.05) is 17.5 Å². The molecule has 0 spiro atoms. The summed E-state index contributed by atoms with van der Waals surface area (Å²) in [5.41, 5.74) is 3.70. The van der Waals surface area contributed by atoms with Gasteiger partial charge in [-0.3, -0.25) is 4.79 Å². The van der Waals surface area contributed by atoms with E-state index in [9.17, 15) is 4.79 Å². The molecule has 1 aliphatic carbocycles. The summed E-state index contributed by atoms with van der Waals surface area (Å²) >= 11 is 0. The molecule has 161 valence electrons. The summed E-state index contributed by atoms with van der Waals surface area (Å²) in [6, 6.07) is 19.9. The molecule has 1 radical (unpaired) electrons. The Kier molecular flexibility index (Phi) is 6.41. The molecule has 2 aromatic carbocycles. The van der Waals surface area contributed by atoms with Crippen LogP contribution in [0.2, 0.25) is 0 Å². The fourth-order valence-electron chi connectivity index (χ4n) is 4.72. The van der Waals surface area contributed by atoms with Gasteiger partial charge in [-0.1, -0.05) is 69.3 Å². The van der Waals surface area contributed by atoms with Gasteiger partial charge in [-0.2, -0.15) is 0 Å². The summed E-state index contributed by atoms with van der Waals surface area (Å²) in [6.45, 7) is 7.59. The van der Waals surface area contributed by atoms with Crippen molar-refractivity contribution < 1.29 is 4.79 Å². The van der Waals surface area contributed by atoms with Crippen LogP contribution in [-0.2, 0) is 0 Å². The number of rotatable bonds is 5. The maximum absolute atomic E-state index is 13.2. The first-order valence-electron chi connectivity index (χ1n) is 11.5. The molecule has 0 bridgehead atoms. The first-order chi connectivity index (χ1) is 14.9. The predicted octanol–water partition coefficient (Wildman–Crippen LogP) is 6.69.